The fourth-order valence-corrected chi connectivity index (χ4v) is 2.56. The predicted octanol–water partition coefficient (Wildman–Crippen LogP) is 1.26. The number of carbonyl (C=O) groups excluding carboxylic acids is 1. The van der Waals surface area contributed by atoms with Crippen molar-refractivity contribution in [3.63, 3.8) is 0 Å². The maximum atomic E-state index is 12.8. The molecule has 20 heavy (non-hydrogen) atoms. The molecule has 1 N–H and O–H groups in total. The van der Waals surface area contributed by atoms with Crippen LogP contribution in [-0.4, -0.2) is 46.3 Å². The molecular formula is C13H20F2N4O. The molecule has 1 aliphatic rings. The fourth-order valence-electron chi connectivity index (χ4n) is 2.56. The highest BCUT2D eigenvalue weighted by Gasteiger charge is 2.24. The Morgan fingerprint density at radius 3 is 2.75 bits per heavy atom. The molecule has 0 aromatic carbocycles. The van der Waals surface area contributed by atoms with Crippen molar-refractivity contribution in [1.29, 1.82) is 0 Å². The lowest BCUT2D eigenvalue weighted by Crippen LogP contribution is -2.51. The van der Waals surface area contributed by atoms with Gasteiger partial charge in [0.25, 0.3) is 0 Å². The second-order valence-electron chi connectivity index (χ2n) is 5.24. The SMILES string of the molecule is Cc1nn(C(F)F)c(C)c1CC(=O)N1CCNC(C)C1. The predicted molar refractivity (Wildman–Crippen MR) is 70.7 cm³/mol. The van der Waals surface area contributed by atoms with Crippen molar-refractivity contribution in [1.82, 2.24) is 20.0 Å². The molecule has 1 fully saturated rings. The van der Waals surface area contributed by atoms with Crippen LogP contribution in [0.2, 0.25) is 0 Å². The number of rotatable bonds is 3. The summed E-state index contributed by atoms with van der Waals surface area (Å²) in [5.41, 5.74) is 1.48. The molecule has 0 radical (unpaired) electrons. The molecule has 1 saturated heterocycles. The summed E-state index contributed by atoms with van der Waals surface area (Å²) in [5.74, 6) is -0.0293. The zero-order chi connectivity index (χ0) is 14.9. The van der Waals surface area contributed by atoms with Gasteiger partial charge in [0.1, 0.15) is 0 Å². The van der Waals surface area contributed by atoms with Gasteiger partial charge in [0.2, 0.25) is 5.91 Å². The average Bonchev–Trinajstić information content (AvgIpc) is 2.67. The number of nitrogens with one attached hydrogen (secondary N) is 1. The Kier molecular flexibility index (Phi) is 4.37. The normalized spacial score (nSPS) is 19.7. The number of nitrogens with zero attached hydrogens (tertiary/aromatic N) is 3. The van der Waals surface area contributed by atoms with E-state index in [9.17, 15) is 13.6 Å². The van der Waals surface area contributed by atoms with Gasteiger partial charge in [0.05, 0.1) is 12.1 Å². The molecule has 1 aliphatic heterocycles. The van der Waals surface area contributed by atoms with E-state index in [2.05, 4.69) is 10.4 Å². The number of piperazine rings is 1. The van der Waals surface area contributed by atoms with Crippen LogP contribution in [0.4, 0.5) is 8.78 Å². The van der Waals surface area contributed by atoms with Crippen molar-refractivity contribution in [2.24, 2.45) is 0 Å². The second kappa shape index (κ2) is 5.87. The van der Waals surface area contributed by atoms with Gasteiger partial charge in [-0.1, -0.05) is 0 Å². The maximum absolute atomic E-state index is 12.8. The molecule has 1 aromatic rings. The zero-order valence-electron chi connectivity index (χ0n) is 12.0. The standard InChI is InChI=1S/C13H20F2N4O/c1-8-7-18(5-4-16-8)12(20)6-11-9(2)17-19(10(11)3)13(14)15/h8,13,16H,4-7H2,1-3H3. The molecule has 1 unspecified atom stereocenters. The van der Waals surface area contributed by atoms with E-state index in [1.165, 1.54) is 0 Å². The number of hydrogen-bond donors (Lipinski definition) is 1. The first-order valence-electron chi connectivity index (χ1n) is 6.74. The fraction of sp³-hybridized carbons (Fsp3) is 0.692. The van der Waals surface area contributed by atoms with Crippen LogP contribution in [-0.2, 0) is 11.2 Å². The number of aryl methyl sites for hydroxylation is 1. The number of hydrogen-bond acceptors (Lipinski definition) is 3. The zero-order valence-corrected chi connectivity index (χ0v) is 12.0. The monoisotopic (exact) mass is 286 g/mol. The number of aromatic nitrogens is 2. The van der Waals surface area contributed by atoms with Crippen LogP contribution in [0.1, 0.15) is 30.4 Å². The quantitative estimate of drug-likeness (QED) is 0.910. The largest absolute Gasteiger partial charge is 0.340 e. The van der Waals surface area contributed by atoms with Crippen LogP contribution in [0.5, 0.6) is 0 Å². The minimum absolute atomic E-state index is 0.0293. The highest BCUT2D eigenvalue weighted by atomic mass is 19.3. The van der Waals surface area contributed by atoms with Crippen molar-refractivity contribution in [3.05, 3.63) is 17.0 Å². The molecule has 1 aromatic heterocycles. The molecule has 2 heterocycles. The second-order valence-corrected chi connectivity index (χ2v) is 5.24. The number of alkyl halides is 2. The molecule has 5 nitrogen and oxygen atoms in total. The van der Waals surface area contributed by atoms with E-state index in [1.54, 1.807) is 18.7 Å². The third-order valence-electron chi connectivity index (χ3n) is 3.71. The van der Waals surface area contributed by atoms with Gasteiger partial charge >= 0.3 is 6.55 Å². The highest BCUT2D eigenvalue weighted by molar-refractivity contribution is 5.79. The van der Waals surface area contributed by atoms with Crippen molar-refractivity contribution >= 4 is 5.91 Å². The van der Waals surface area contributed by atoms with Gasteiger partial charge in [-0.2, -0.15) is 13.9 Å². The third-order valence-corrected chi connectivity index (χ3v) is 3.71. The third kappa shape index (κ3) is 2.98. The first kappa shape index (κ1) is 14.9. The van der Waals surface area contributed by atoms with Crippen LogP contribution < -0.4 is 5.32 Å². The molecule has 0 spiro atoms. The molecule has 2 rings (SSSR count). The minimum atomic E-state index is -2.67. The summed E-state index contributed by atoms with van der Waals surface area (Å²) >= 11 is 0. The Labute approximate surface area is 116 Å². The van der Waals surface area contributed by atoms with E-state index in [4.69, 9.17) is 0 Å². The van der Waals surface area contributed by atoms with Gasteiger partial charge < -0.3 is 10.2 Å². The molecule has 0 bridgehead atoms. The van der Waals surface area contributed by atoms with Gasteiger partial charge in [-0.3, -0.25) is 4.79 Å². The van der Waals surface area contributed by atoms with Gasteiger partial charge in [-0.15, -0.1) is 0 Å². The van der Waals surface area contributed by atoms with Crippen molar-refractivity contribution < 1.29 is 13.6 Å². The van der Waals surface area contributed by atoms with E-state index in [-0.39, 0.29) is 18.4 Å². The van der Waals surface area contributed by atoms with Crippen LogP contribution in [0, 0.1) is 13.8 Å². The summed E-state index contributed by atoms with van der Waals surface area (Å²) in [6.45, 7) is 4.66. The highest BCUT2D eigenvalue weighted by Crippen LogP contribution is 2.20. The molecule has 7 heteroatoms. The lowest BCUT2D eigenvalue weighted by molar-refractivity contribution is -0.131. The minimum Gasteiger partial charge on any atom is -0.340 e. The topological polar surface area (TPSA) is 50.2 Å². The summed E-state index contributed by atoms with van der Waals surface area (Å²) < 4.78 is 26.2. The lowest BCUT2D eigenvalue weighted by Gasteiger charge is -2.32. The van der Waals surface area contributed by atoms with Gasteiger partial charge in [0.15, 0.2) is 0 Å². The Hall–Kier alpha value is -1.50. The van der Waals surface area contributed by atoms with Gasteiger partial charge in [-0.05, 0) is 20.8 Å². The van der Waals surface area contributed by atoms with E-state index in [1.807, 2.05) is 6.92 Å². The van der Waals surface area contributed by atoms with E-state index < -0.39 is 6.55 Å². The van der Waals surface area contributed by atoms with Crippen LogP contribution in [0.15, 0.2) is 0 Å². The van der Waals surface area contributed by atoms with Crippen molar-refractivity contribution in [2.75, 3.05) is 19.6 Å². The molecule has 1 amide bonds. The lowest BCUT2D eigenvalue weighted by atomic mass is 10.1. The van der Waals surface area contributed by atoms with E-state index in [0.717, 1.165) is 6.54 Å². The first-order chi connectivity index (χ1) is 9.40. The number of amides is 1. The number of carbonyl (C=O) groups is 1. The smallest absolute Gasteiger partial charge is 0.333 e. The number of halogens is 2. The first-order valence-corrected chi connectivity index (χ1v) is 6.74. The van der Waals surface area contributed by atoms with Crippen molar-refractivity contribution in [3.8, 4) is 0 Å². The summed E-state index contributed by atoms with van der Waals surface area (Å²) in [5, 5.41) is 7.07. The molecule has 112 valence electrons. The van der Waals surface area contributed by atoms with E-state index >= 15 is 0 Å². The van der Waals surface area contributed by atoms with Crippen LogP contribution >= 0.6 is 0 Å². The molecule has 0 aliphatic carbocycles. The Balaban J connectivity index is 2.11. The molecule has 1 atom stereocenters. The summed E-state index contributed by atoms with van der Waals surface area (Å²) in [6, 6.07) is 0.263. The summed E-state index contributed by atoms with van der Waals surface area (Å²) in [4.78, 5) is 14.0. The molecule has 0 saturated carbocycles. The Morgan fingerprint density at radius 1 is 1.50 bits per heavy atom. The summed E-state index contributed by atoms with van der Waals surface area (Å²) in [6.07, 6.45) is 0.136. The van der Waals surface area contributed by atoms with Crippen LogP contribution in [0.25, 0.3) is 0 Å². The molecular weight excluding hydrogens is 266 g/mol. The van der Waals surface area contributed by atoms with Gasteiger partial charge in [-0.25, -0.2) is 4.68 Å². The van der Waals surface area contributed by atoms with E-state index in [0.29, 0.717) is 34.7 Å². The van der Waals surface area contributed by atoms with Crippen LogP contribution in [0.3, 0.4) is 0 Å². The van der Waals surface area contributed by atoms with Crippen molar-refractivity contribution in [2.45, 2.75) is 39.8 Å². The Bertz CT molecular complexity index is 501. The maximum Gasteiger partial charge on any atom is 0.333 e. The average molecular weight is 286 g/mol. The summed E-state index contributed by atoms with van der Waals surface area (Å²) in [7, 11) is 0. The van der Waals surface area contributed by atoms with Gasteiger partial charge in [0, 0.05) is 36.9 Å². The Morgan fingerprint density at radius 2 is 2.20 bits per heavy atom.